The number of aliphatic hydroxyl groups is 1. The zero-order valence-electron chi connectivity index (χ0n) is 43.7. The Bertz CT molecular complexity index is 3600. The molecule has 18 nitrogen and oxygen atoms in total. The lowest BCUT2D eigenvalue weighted by molar-refractivity contribution is 0.0527. The average Bonchev–Trinajstić information content (AvgIpc) is 4.22. The van der Waals surface area contributed by atoms with Gasteiger partial charge in [0.15, 0.2) is 11.3 Å². The molecule has 0 saturated carbocycles. The SMILES string of the molecule is COc1ccc2c(c1)c(-c1cc3c(ncc4cnc(CCCN)n43)n1CO)cn2C.COc1ccc2c(c1)c(-c1cc3c(ncc4cnc(CCCNC(=O)OC(C)(C)C)n43)n1COCC[Si](C)(C)C)cn2C. The molecular weight excluding hydrogens is 941 g/mol. The molecule has 384 valence electrons. The third-order valence-electron chi connectivity index (χ3n) is 13.1. The van der Waals surface area contributed by atoms with Crippen molar-refractivity contribution in [3.63, 3.8) is 0 Å². The number of benzene rings is 2. The van der Waals surface area contributed by atoms with E-state index in [1.807, 2.05) is 75.2 Å². The number of carbonyl (C=O) groups excluding carboxylic acids is 1. The Morgan fingerprint density at radius 2 is 1.22 bits per heavy atom. The number of carbonyl (C=O) groups is 1. The van der Waals surface area contributed by atoms with Crippen molar-refractivity contribution in [1.82, 2.24) is 52.3 Å². The smallest absolute Gasteiger partial charge is 0.407 e. The van der Waals surface area contributed by atoms with Crippen LogP contribution in [0.25, 0.3) is 77.7 Å². The molecule has 19 heteroatoms. The predicted octanol–water partition coefficient (Wildman–Crippen LogP) is 9.31. The number of nitrogens with two attached hydrogens (primary N) is 1. The van der Waals surface area contributed by atoms with Crippen LogP contribution in [0.5, 0.6) is 11.5 Å². The van der Waals surface area contributed by atoms with Gasteiger partial charge in [-0.1, -0.05) is 19.6 Å². The van der Waals surface area contributed by atoms with Crippen molar-refractivity contribution in [1.29, 1.82) is 0 Å². The van der Waals surface area contributed by atoms with Crippen LogP contribution in [0.15, 0.2) is 85.7 Å². The largest absolute Gasteiger partial charge is 0.497 e. The zero-order chi connectivity index (χ0) is 51.8. The number of aryl methyl sites for hydroxylation is 4. The Morgan fingerprint density at radius 3 is 1.71 bits per heavy atom. The minimum Gasteiger partial charge on any atom is -0.497 e. The first-order valence-corrected chi connectivity index (χ1v) is 28.5. The third-order valence-corrected chi connectivity index (χ3v) is 14.8. The summed E-state index contributed by atoms with van der Waals surface area (Å²) in [7, 11) is 6.19. The van der Waals surface area contributed by atoms with Crippen molar-refractivity contribution in [3.8, 4) is 34.0 Å². The number of aromatic nitrogens is 10. The molecule has 0 atom stereocenters. The second kappa shape index (κ2) is 20.7. The predicted molar refractivity (Wildman–Crippen MR) is 290 cm³/mol. The second-order valence-electron chi connectivity index (χ2n) is 20.7. The van der Waals surface area contributed by atoms with E-state index in [1.165, 1.54) is 0 Å². The minimum absolute atomic E-state index is 0.176. The Labute approximate surface area is 425 Å². The van der Waals surface area contributed by atoms with Gasteiger partial charge >= 0.3 is 6.09 Å². The van der Waals surface area contributed by atoms with E-state index >= 15 is 0 Å². The van der Waals surface area contributed by atoms with Crippen LogP contribution < -0.4 is 20.5 Å². The summed E-state index contributed by atoms with van der Waals surface area (Å²) in [6, 6.07) is 17.5. The van der Waals surface area contributed by atoms with Crippen LogP contribution in [-0.4, -0.2) is 106 Å². The van der Waals surface area contributed by atoms with E-state index in [4.69, 9.17) is 34.6 Å². The number of nitrogens with one attached hydrogen (secondary N) is 1. The number of amides is 1. The van der Waals surface area contributed by atoms with Gasteiger partial charge < -0.3 is 48.8 Å². The lowest BCUT2D eigenvalue weighted by atomic mass is 10.1. The molecule has 10 rings (SSSR count). The maximum atomic E-state index is 12.1. The van der Waals surface area contributed by atoms with Crippen molar-refractivity contribution in [2.75, 3.05) is 33.9 Å². The maximum Gasteiger partial charge on any atom is 0.407 e. The van der Waals surface area contributed by atoms with E-state index in [-0.39, 0.29) is 6.73 Å². The highest BCUT2D eigenvalue weighted by Gasteiger charge is 2.23. The minimum atomic E-state index is -1.24. The molecule has 0 fully saturated rings. The van der Waals surface area contributed by atoms with Gasteiger partial charge in [-0.2, -0.15) is 0 Å². The van der Waals surface area contributed by atoms with Gasteiger partial charge in [0.2, 0.25) is 0 Å². The fourth-order valence-electron chi connectivity index (χ4n) is 9.48. The summed E-state index contributed by atoms with van der Waals surface area (Å²) < 4.78 is 35.2. The number of rotatable bonds is 17. The molecule has 0 bridgehead atoms. The summed E-state index contributed by atoms with van der Waals surface area (Å²) in [5.41, 5.74) is 16.7. The van der Waals surface area contributed by atoms with Crippen LogP contribution in [0.1, 0.15) is 45.3 Å². The highest BCUT2D eigenvalue weighted by atomic mass is 28.3. The number of ether oxygens (including phenoxy) is 4. The van der Waals surface area contributed by atoms with Crippen LogP contribution in [0, 0.1) is 0 Å². The van der Waals surface area contributed by atoms with Gasteiger partial charge in [0.1, 0.15) is 42.2 Å². The number of aliphatic hydroxyl groups excluding tert-OH is 1. The Morgan fingerprint density at radius 1 is 0.712 bits per heavy atom. The molecule has 8 aromatic heterocycles. The molecule has 0 aliphatic rings. The summed E-state index contributed by atoms with van der Waals surface area (Å²) in [6.07, 6.45) is 14.2. The number of methoxy groups -OCH3 is 2. The van der Waals surface area contributed by atoms with Crippen molar-refractivity contribution in [2.24, 2.45) is 19.8 Å². The van der Waals surface area contributed by atoms with E-state index in [9.17, 15) is 9.90 Å². The first kappa shape index (κ1) is 50.7. The van der Waals surface area contributed by atoms with Gasteiger partial charge in [-0.05, 0) is 94.7 Å². The molecule has 1 amide bonds. The Hall–Kier alpha value is -7.19. The molecule has 2 aromatic carbocycles. The Balaban J connectivity index is 0.000000191. The molecule has 0 spiro atoms. The fraction of sp³-hybridized carbons (Fsp3) is 0.389. The normalized spacial score (nSPS) is 12.2. The first-order valence-electron chi connectivity index (χ1n) is 24.8. The maximum absolute atomic E-state index is 12.1. The molecule has 10 aromatic rings. The van der Waals surface area contributed by atoms with Crippen molar-refractivity contribution in [3.05, 3.63) is 97.4 Å². The van der Waals surface area contributed by atoms with E-state index in [1.54, 1.807) is 20.4 Å². The van der Waals surface area contributed by atoms with Gasteiger partial charge in [0.05, 0.1) is 72.5 Å². The molecule has 0 aliphatic heterocycles. The van der Waals surface area contributed by atoms with E-state index < -0.39 is 19.8 Å². The van der Waals surface area contributed by atoms with E-state index in [0.717, 1.165) is 120 Å². The summed E-state index contributed by atoms with van der Waals surface area (Å²) in [5, 5.41) is 15.2. The van der Waals surface area contributed by atoms with Crippen molar-refractivity contribution < 1.29 is 28.8 Å². The number of hydrogen-bond acceptors (Lipinski definition) is 11. The molecule has 8 heterocycles. The van der Waals surface area contributed by atoms with Gasteiger partial charge in [0.25, 0.3) is 0 Å². The summed E-state index contributed by atoms with van der Waals surface area (Å²) in [5.74, 6) is 3.47. The lowest BCUT2D eigenvalue weighted by Gasteiger charge is -2.19. The van der Waals surface area contributed by atoms with E-state index in [2.05, 4.69) is 101 Å². The molecule has 4 N–H and O–H groups in total. The molecule has 0 unspecified atom stereocenters. The molecule has 73 heavy (non-hydrogen) atoms. The van der Waals surface area contributed by atoms with Crippen molar-refractivity contribution >= 4 is 69.3 Å². The zero-order valence-corrected chi connectivity index (χ0v) is 44.7. The van der Waals surface area contributed by atoms with Gasteiger partial charge in [0, 0.05) is 93.5 Å². The Kier molecular flexibility index (Phi) is 14.4. The van der Waals surface area contributed by atoms with E-state index in [0.29, 0.717) is 38.5 Å². The molecular formula is C54H68N12O6Si. The fourth-order valence-corrected chi connectivity index (χ4v) is 10.2. The number of alkyl carbamates (subject to hydrolysis) is 1. The topological polar surface area (TPSA) is 192 Å². The number of fused-ring (bicyclic) bond motifs is 8. The highest BCUT2D eigenvalue weighted by molar-refractivity contribution is 6.76. The van der Waals surface area contributed by atoms with Crippen LogP contribution >= 0.6 is 0 Å². The van der Waals surface area contributed by atoms with Gasteiger partial charge in [-0.3, -0.25) is 13.4 Å². The lowest BCUT2D eigenvalue weighted by Crippen LogP contribution is -2.33. The van der Waals surface area contributed by atoms with Gasteiger partial charge in [-0.25, -0.2) is 24.7 Å². The highest BCUT2D eigenvalue weighted by Crippen LogP contribution is 2.38. The standard InChI is InChI=1S/C32H44N6O4Si.C22H24N6O2/c1-32(2,3)42-31(39)33-13-9-10-29-34-18-22-19-35-30-28(38(22)29)17-27(37(30)21-41-14-15-43(6,7)8)25-20-36(4)26-12-11-23(40-5)16-24(25)26;1-26-12-17(16-8-15(30-2)5-6-18(16)26)19-9-20-22(27(19)13-29)25-11-14-10-24-21(28(14)20)4-3-7-23/h11-12,16-20H,9-10,13-15,21H2,1-8H3,(H,33,39);5-6,8-12,29H,3-4,7,13,23H2,1-2H3. The number of nitrogens with zero attached hydrogens (tertiary/aromatic N) is 10. The van der Waals surface area contributed by atoms with Crippen molar-refractivity contribution in [2.45, 2.75) is 91.2 Å². The number of hydrogen-bond donors (Lipinski definition) is 3. The van der Waals surface area contributed by atoms with Gasteiger partial charge in [-0.15, -0.1) is 0 Å². The monoisotopic (exact) mass is 1010 g/mol. The summed E-state index contributed by atoms with van der Waals surface area (Å²) >= 11 is 0. The van der Waals surface area contributed by atoms with Crippen LogP contribution in [-0.2, 0) is 49.9 Å². The van der Waals surface area contributed by atoms with Crippen LogP contribution in [0.2, 0.25) is 25.7 Å². The van der Waals surface area contributed by atoms with Crippen LogP contribution in [0.3, 0.4) is 0 Å². The average molecular weight is 1010 g/mol. The molecule has 0 radical (unpaired) electrons. The summed E-state index contributed by atoms with van der Waals surface area (Å²) in [4.78, 5) is 30.9. The quantitative estimate of drug-likeness (QED) is 0.0582. The molecule has 0 aliphatic carbocycles. The first-order chi connectivity index (χ1) is 35.0. The molecule has 0 saturated heterocycles. The van der Waals surface area contributed by atoms with Crippen LogP contribution in [0.4, 0.5) is 4.79 Å². The number of imidazole rings is 2. The summed E-state index contributed by atoms with van der Waals surface area (Å²) in [6.45, 7) is 14.7. The second-order valence-corrected chi connectivity index (χ2v) is 26.3. The third kappa shape index (κ3) is 10.4.